The molecule has 1 N–H and O–H groups in total. The predicted octanol–water partition coefficient (Wildman–Crippen LogP) is 0.686. The van der Waals surface area contributed by atoms with Gasteiger partial charge in [0.05, 0.1) is 26.4 Å². The van der Waals surface area contributed by atoms with Gasteiger partial charge in [-0.1, -0.05) is 12.1 Å². The quantitative estimate of drug-likeness (QED) is 0.754. The van der Waals surface area contributed by atoms with E-state index in [1.165, 1.54) is 0 Å². The van der Waals surface area contributed by atoms with Crippen molar-refractivity contribution in [1.82, 2.24) is 15.3 Å². The van der Waals surface area contributed by atoms with Gasteiger partial charge in [0, 0.05) is 32.5 Å². The number of rotatable bonds is 5. The van der Waals surface area contributed by atoms with Crippen LogP contribution in [-0.2, 0) is 25.7 Å². The summed E-state index contributed by atoms with van der Waals surface area (Å²) < 4.78 is 10.7. The largest absolute Gasteiger partial charge is 0.497 e. The molecule has 9 heteroatoms. The third-order valence-electron chi connectivity index (χ3n) is 4.42. The van der Waals surface area contributed by atoms with Crippen molar-refractivity contribution in [3.8, 4) is 5.75 Å². The van der Waals surface area contributed by atoms with E-state index in [9.17, 15) is 14.4 Å². The summed E-state index contributed by atoms with van der Waals surface area (Å²) in [6.45, 7) is 2.86. The average molecular weight is 377 g/mol. The summed E-state index contributed by atoms with van der Waals surface area (Å²) in [6.07, 6.45) is -0.707. The van der Waals surface area contributed by atoms with E-state index in [4.69, 9.17) is 14.3 Å². The van der Waals surface area contributed by atoms with Crippen LogP contribution >= 0.6 is 0 Å². The molecule has 2 aliphatic rings. The molecule has 27 heavy (non-hydrogen) atoms. The van der Waals surface area contributed by atoms with E-state index in [-0.39, 0.29) is 18.9 Å². The Hall–Kier alpha value is -2.65. The van der Waals surface area contributed by atoms with Gasteiger partial charge in [-0.05, 0) is 17.7 Å². The summed E-state index contributed by atoms with van der Waals surface area (Å²) in [4.78, 5) is 42.1. The van der Waals surface area contributed by atoms with Gasteiger partial charge < -0.3 is 19.6 Å². The molecule has 1 atom stereocenters. The van der Waals surface area contributed by atoms with Crippen LogP contribution in [0.15, 0.2) is 24.3 Å². The molecule has 9 nitrogen and oxygen atoms in total. The monoisotopic (exact) mass is 377 g/mol. The Bertz CT molecular complexity index is 677. The Kier molecular flexibility index (Phi) is 6.25. The van der Waals surface area contributed by atoms with Crippen LogP contribution < -0.4 is 10.1 Å². The van der Waals surface area contributed by atoms with Crippen molar-refractivity contribution >= 4 is 17.9 Å². The van der Waals surface area contributed by atoms with Crippen molar-refractivity contribution < 1.29 is 28.7 Å². The standard InChI is InChI=1S/C18H23N3O6/c1-25-15-4-2-13(3-5-15)10-20-8-9-26-12-14(11-20)19-18(24)27-21-16(22)6-7-17(21)23/h2-5,14H,6-12H2,1H3,(H,19,24)/t14-/m1/s1. The number of methoxy groups -OCH3 is 1. The fraction of sp³-hybridized carbons (Fsp3) is 0.500. The molecule has 1 aromatic carbocycles. The van der Waals surface area contributed by atoms with Crippen LogP contribution in [0.5, 0.6) is 5.75 Å². The number of nitrogens with zero attached hydrogens (tertiary/aromatic N) is 2. The molecule has 0 bridgehead atoms. The van der Waals surface area contributed by atoms with Gasteiger partial charge in [-0.2, -0.15) is 0 Å². The molecule has 2 heterocycles. The van der Waals surface area contributed by atoms with E-state index in [0.717, 1.165) is 17.9 Å². The molecule has 0 unspecified atom stereocenters. The lowest BCUT2D eigenvalue weighted by molar-refractivity contribution is -0.171. The predicted molar refractivity (Wildman–Crippen MR) is 93.6 cm³/mol. The van der Waals surface area contributed by atoms with E-state index >= 15 is 0 Å². The molecule has 1 aromatic rings. The minimum Gasteiger partial charge on any atom is -0.497 e. The highest BCUT2D eigenvalue weighted by Gasteiger charge is 2.33. The first kappa shape index (κ1) is 19.1. The summed E-state index contributed by atoms with van der Waals surface area (Å²) >= 11 is 0. The molecule has 3 amide bonds. The fourth-order valence-corrected chi connectivity index (χ4v) is 3.03. The van der Waals surface area contributed by atoms with Crippen LogP contribution in [0.25, 0.3) is 0 Å². The molecule has 0 aliphatic carbocycles. The third kappa shape index (κ3) is 5.18. The minimum absolute atomic E-state index is 0.0638. The van der Waals surface area contributed by atoms with Gasteiger partial charge in [-0.25, -0.2) is 4.79 Å². The smallest absolute Gasteiger partial charge is 0.432 e. The topological polar surface area (TPSA) is 97.4 Å². The van der Waals surface area contributed by atoms with Crippen molar-refractivity contribution in [2.75, 3.05) is 33.4 Å². The highest BCUT2D eigenvalue weighted by molar-refractivity contribution is 6.01. The molecule has 0 spiro atoms. The number of ether oxygens (including phenoxy) is 2. The Balaban J connectivity index is 1.53. The zero-order valence-electron chi connectivity index (χ0n) is 15.2. The summed E-state index contributed by atoms with van der Waals surface area (Å²) in [7, 11) is 1.62. The molecule has 2 fully saturated rings. The summed E-state index contributed by atoms with van der Waals surface area (Å²) in [5.41, 5.74) is 1.12. The van der Waals surface area contributed by atoms with E-state index in [1.54, 1.807) is 7.11 Å². The number of amides is 3. The number of carbonyl (C=O) groups is 3. The minimum atomic E-state index is -0.835. The highest BCUT2D eigenvalue weighted by Crippen LogP contribution is 2.15. The van der Waals surface area contributed by atoms with Crippen molar-refractivity contribution in [3.05, 3.63) is 29.8 Å². The maximum atomic E-state index is 12.0. The lowest BCUT2D eigenvalue weighted by atomic mass is 10.2. The van der Waals surface area contributed by atoms with Gasteiger partial charge in [-0.15, -0.1) is 5.06 Å². The maximum absolute atomic E-state index is 12.0. The van der Waals surface area contributed by atoms with Gasteiger partial charge >= 0.3 is 6.09 Å². The fourth-order valence-electron chi connectivity index (χ4n) is 3.03. The van der Waals surface area contributed by atoms with Crippen LogP contribution in [0.1, 0.15) is 18.4 Å². The second kappa shape index (κ2) is 8.83. The lowest BCUT2D eigenvalue weighted by Crippen LogP contribution is -2.47. The molecule has 146 valence electrons. The van der Waals surface area contributed by atoms with Crippen molar-refractivity contribution in [1.29, 1.82) is 0 Å². The summed E-state index contributed by atoms with van der Waals surface area (Å²) in [6, 6.07) is 7.48. The van der Waals surface area contributed by atoms with Crippen LogP contribution in [0, 0.1) is 0 Å². The van der Waals surface area contributed by atoms with Crippen molar-refractivity contribution in [2.45, 2.75) is 25.4 Å². The van der Waals surface area contributed by atoms with E-state index in [2.05, 4.69) is 10.2 Å². The summed E-state index contributed by atoms with van der Waals surface area (Å²) in [5.74, 6) is -0.215. The number of hydrogen-bond acceptors (Lipinski definition) is 7. The average Bonchev–Trinajstić information content (AvgIpc) is 2.85. The Morgan fingerprint density at radius 3 is 2.59 bits per heavy atom. The molecule has 3 rings (SSSR count). The SMILES string of the molecule is COc1ccc(CN2CCOC[C@H](NC(=O)ON3C(=O)CCC3=O)C2)cc1. The van der Waals surface area contributed by atoms with Gasteiger partial charge in [-0.3, -0.25) is 14.5 Å². The molecule has 0 saturated carbocycles. The first-order valence-corrected chi connectivity index (χ1v) is 8.82. The van der Waals surface area contributed by atoms with E-state index < -0.39 is 17.9 Å². The van der Waals surface area contributed by atoms with Crippen molar-refractivity contribution in [3.63, 3.8) is 0 Å². The zero-order valence-corrected chi connectivity index (χ0v) is 15.2. The van der Waals surface area contributed by atoms with Gasteiger partial charge in [0.2, 0.25) is 0 Å². The Labute approximate surface area is 157 Å². The van der Waals surface area contributed by atoms with Crippen LogP contribution in [-0.4, -0.2) is 67.3 Å². The normalized spacial score (nSPS) is 21.1. The third-order valence-corrected chi connectivity index (χ3v) is 4.42. The highest BCUT2D eigenvalue weighted by atomic mass is 16.7. The van der Waals surface area contributed by atoms with Gasteiger partial charge in [0.1, 0.15) is 5.75 Å². The number of hydroxylamine groups is 2. The van der Waals surface area contributed by atoms with Gasteiger partial charge in [0.15, 0.2) is 0 Å². The molecule has 2 aliphatic heterocycles. The second-order valence-corrected chi connectivity index (χ2v) is 6.46. The zero-order chi connectivity index (χ0) is 19.2. The van der Waals surface area contributed by atoms with Crippen LogP contribution in [0.2, 0.25) is 0 Å². The number of carbonyl (C=O) groups excluding carboxylic acids is 3. The Morgan fingerprint density at radius 1 is 1.22 bits per heavy atom. The van der Waals surface area contributed by atoms with Crippen LogP contribution in [0.3, 0.4) is 0 Å². The maximum Gasteiger partial charge on any atom is 0.432 e. The Morgan fingerprint density at radius 2 is 1.93 bits per heavy atom. The van der Waals surface area contributed by atoms with E-state index in [1.807, 2.05) is 24.3 Å². The first-order chi connectivity index (χ1) is 13.0. The number of imide groups is 1. The number of benzene rings is 1. The molecular formula is C18H23N3O6. The number of hydrogen-bond donors (Lipinski definition) is 1. The molecule has 0 aromatic heterocycles. The molecular weight excluding hydrogens is 354 g/mol. The molecule has 2 saturated heterocycles. The first-order valence-electron chi connectivity index (χ1n) is 8.82. The second-order valence-electron chi connectivity index (χ2n) is 6.46. The lowest BCUT2D eigenvalue weighted by Gasteiger charge is -2.24. The van der Waals surface area contributed by atoms with Crippen molar-refractivity contribution in [2.24, 2.45) is 0 Å². The van der Waals surface area contributed by atoms with E-state index in [0.29, 0.717) is 31.4 Å². The number of nitrogens with one attached hydrogen (secondary N) is 1. The summed E-state index contributed by atoms with van der Waals surface area (Å²) in [5, 5.41) is 3.20. The van der Waals surface area contributed by atoms with Crippen LogP contribution in [0.4, 0.5) is 4.79 Å². The van der Waals surface area contributed by atoms with Gasteiger partial charge in [0.25, 0.3) is 11.8 Å². The molecule has 0 radical (unpaired) electrons.